The molecule has 0 radical (unpaired) electrons. The highest BCUT2D eigenvalue weighted by atomic mass is 16.5. The van der Waals surface area contributed by atoms with Crippen molar-refractivity contribution in [1.82, 2.24) is 15.0 Å². The molecule has 0 fully saturated rings. The number of hydrogen-bond acceptors (Lipinski definition) is 6. The van der Waals surface area contributed by atoms with E-state index in [0.29, 0.717) is 23.2 Å². The molecule has 0 spiro atoms. The Morgan fingerprint density at radius 3 is 2.64 bits per heavy atom. The summed E-state index contributed by atoms with van der Waals surface area (Å²) < 4.78 is 16.2. The molecule has 0 saturated carbocycles. The van der Waals surface area contributed by atoms with Crippen molar-refractivity contribution in [3.8, 4) is 22.9 Å². The molecule has 0 saturated heterocycles. The smallest absolute Gasteiger partial charge is 0.263 e. The summed E-state index contributed by atoms with van der Waals surface area (Å²) in [5, 5.41) is 3.98. The molecule has 0 bridgehead atoms. The summed E-state index contributed by atoms with van der Waals surface area (Å²) in [6.45, 7) is 3.90. The fraction of sp³-hybridized carbons (Fsp3) is 0.286. The van der Waals surface area contributed by atoms with Crippen LogP contribution in [0.25, 0.3) is 11.4 Å². The number of likely N-dealkylation sites (N-methyl/N-ethyl adjacent to an activating group) is 1. The molecule has 1 unspecified atom stereocenters. The number of nitrogens with zero attached hydrogens (tertiary/aromatic N) is 3. The number of methoxy groups -OCH3 is 1. The molecule has 0 aliphatic carbocycles. The molecule has 2 aromatic carbocycles. The molecule has 7 nitrogen and oxygen atoms in total. The average molecular weight is 381 g/mol. The minimum Gasteiger partial charge on any atom is -0.497 e. The SMILES string of the molecule is COc1cccc(-c2noc(CN(C)C(=O)C(C)Oc3ccc(C)cc3)n2)c1. The fourth-order valence-electron chi connectivity index (χ4n) is 2.66. The van der Waals surface area contributed by atoms with Crippen molar-refractivity contribution >= 4 is 5.91 Å². The van der Waals surface area contributed by atoms with E-state index < -0.39 is 6.10 Å². The van der Waals surface area contributed by atoms with Gasteiger partial charge in [0.25, 0.3) is 5.91 Å². The molecule has 1 atom stereocenters. The van der Waals surface area contributed by atoms with Gasteiger partial charge in [-0.2, -0.15) is 4.98 Å². The zero-order valence-electron chi connectivity index (χ0n) is 16.4. The summed E-state index contributed by atoms with van der Waals surface area (Å²) in [6.07, 6.45) is -0.631. The maximum Gasteiger partial charge on any atom is 0.263 e. The van der Waals surface area contributed by atoms with Gasteiger partial charge in [-0.3, -0.25) is 4.79 Å². The van der Waals surface area contributed by atoms with Crippen LogP contribution in [0.4, 0.5) is 0 Å². The minimum atomic E-state index is -0.631. The van der Waals surface area contributed by atoms with Gasteiger partial charge in [-0.1, -0.05) is 35.0 Å². The molecule has 0 aliphatic heterocycles. The number of ether oxygens (including phenoxy) is 2. The Labute approximate surface area is 163 Å². The molecule has 1 heterocycles. The second-order valence-corrected chi connectivity index (χ2v) is 6.51. The second kappa shape index (κ2) is 8.56. The molecule has 0 aliphatic rings. The topological polar surface area (TPSA) is 77.7 Å². The molecule has 1 aromatic heterocycles. The molecule has 28 heavy (non-hydrogen) atoms. The number of rotatable bonds is 7. The Morgan fingerprint density at radius 1 is 1.18 bits per heavy atom. The molecule has 3 aromatic rings. The predicted octanol–water partition coefficient (Wildman–Crippen LogP) is 3.48. The van der Waals surface area contributed by atoms with Crippen molar-refractivity contribution in [2.45, 2.75) is 26.5 Å². The zero-order valence-corrected chi connectivity index (χ0v) is 16.4. The van der Waals surface area contributed by atoms with Gasteiger partial charge in [-0.25, -0.2) is 0 Å². The molecule has 146 valence electrons. The summed E-state index contributed by atoms with van der Waals surface area (Å²) in [7, 11) is 3.27. The highest BCUT2D eigenvalue weighted by molar-refractivity contribution is 5.80. The van der Waals surface area contributed by atoms with E-state index in [2.05, 4.69) is 10.1 Å². The first-order chi connectivity index (χ1) is 13.5. The number of carbonyl (C=O) groups is 1. The van der Waals surface area contributed by atoms with Crippen LogP contribution in [0.3, 0.4) is 0 Å². The monoisotopic (exact) mass is 381 g/mol. The van der Waals surface area contributed by atoms with Crippen molar-refractivity contribution in [2.75, 3.05) is 14.2 Å². The lowest BCUT2D eigenvalue weighted by atomic mass is 10.2. The summed E-state index contributed by atoms with van der Waals surface area (Å²) in [6, 6.07) is 14.9. The summed E-state index contributed by atoms with van der Waals surface area (Å²) in [4.78, 5) is 18.4. The van der Waals surface area contributed by atoms with E-state index in [0.717, 1.165) is 11.1 Å². The summed E-state index contributed by atoms with van der Waals surface area (Å²) >= 11 is 0. The molecule has 1 amide bonds. The third-order valence-electron chi connectivity index (χ3n) is 4.23. The lowest BCUT2D eigenvalue weighted by molar-refractivity contribution is -0.137. The number of aryl methyl sites for hydroxylation is 1. The van der Waals surface area contributed by atoms with E-state index in [1.807, 2.05) is 55.5 Å². The molecule has 3 rings (SSSR count). The zero-order chi connectivity index (χ0) is 20.1. The highest BCUT2D eigenvalue weighted by Gasteiger charge is 2.21. The molecule has 0 N–H and O–H groups in total. The van der Waals surface area contributed by atoms with Crippen LogP contribution >= 0.6 is 0 Å². The number of benzene rings is 2. The van der Waals surface area contributed by atoms with Gasteiger partial charge < -0.3 is 18.9 Å². The highest BCUT2D eigenvalue weighted by Crippen LogP contribution is 2.21. The van der Waals surface area contributed by atoms with Crippen LogP contribution in [0.5, 0.6) is 11.5 Å². The van der Waals surface area contributed by atoms with E-state index in [-0.39, 0.29) is 12.5 Å². The maximum absolute atomic E-state index is 12.6. The van der Waals surface area contributed by atoms with E-state index in [9.17, 15) is 4.79 Å². The van der Waals surface area contributed by atoms with Gasteiger partial charge in [-0.05, 0) is 38.1 Å². The van der Waals surface area contributed by atoms with Crippen molar-refractivity contribution in [2.24, 2.45) is 0 Å². The van der Waals surface area contributed by atoms with E-state index in [4.69, 9.17) is 14.0 Å². The predicted molar refractivity (Wildman–Crippen MR) is 104 cm³/mol. The van der Waals surface area contributed by atoms with E-state index in [1.54, 1.807) is 21.1 Å². The van der Waals surface area contributed by atoms with E-state index >= 15 is 0 Å². The van der Waals surface area contributed by atoms with Gasteiger partial charge in [0.15, 0.2) is 6.10 Å². The Balaban J connectivity index is 1.62. The first-order valence-electron chi connectivity index (χ1n) is 8.91. The molecule has 7 heteroatoms. The fourth-order valence-corrected chi connectivity index (χ4v) is 2.66. The third-order valence-corrected chi connectivity index (χ3v) is 4.23. The Hall–Kier alpha value is -3.35. The average Bonchev–Trinajstić information content (AvgIpc) is 3.17. The van der Waals surface area contributed by atoms with Crippen molar-refractivity contribution < 1.29 is 18.8 Å². The quantitative estimate of drug-likeness (QED) is 0.624. The van der Waals surface area contributed by atoms with Crippen LogP contribution in [-0.4, -0.2) is 41.2 Å². The summed E-state index contributed by atoms with van der Waals surface area (Å²) in [5.74, 6) is 1.97. The third kappa shape index (κ3) is 4.68. The van der Waals surface area contributed by atoms with Crippen LogP contribution in [0, 0.1) is 6.92 Å². The van der Waals surface area contributed by atoms with Gasteiger partial charge in [0.2, 0.25) is 11.7 Å². The summed E-state index contributed by atoms with van der Waals surface area (Å²) in [5.41, 5.74) is 1.91. The van der Waals surface area contributed by atoms with Crippen LogP contribution in [-0.2, 0) is 11.3 Å². The Bertz CT molecular complexity index is 937. The van der Waals surface area contributed by atoms with Crippen molar-refractivity contribution in [1.29, 1.82) is 0 Å². The van der Waals surface area contributed by atoms with Crippen molar-refractivity contribution in [3.05, 3.63) is 60.0 Å². The van der Waals surface area contributed by atoms with Gasteiger partial charge in [0.05, 0.1) is 13.7 Å². The number of hydrogen-bond donors (Lipinski definition) is 0. The van der Waals surface area contributed by atoms with Gasteiger partial charge in [-0.15, -0.1) is 0 Å². The van der Waals surface area contributed by atoms with Gasteiger partial charge >= 0.3 is 0 Å². The number of amides is 1. The minimum absolute atomic E-state index is 0.179. The maximum atomic E-state index is 12.6. The van der Waals surface area contributed by atoms with E-state index in [1.165, 1.54) is 4.90 Å². The lowest BCUT2D eigenvalue weighted by Crippen LogP contribution is -2.37. The van der Waals surface area contributed by atoms with Crippen LogP contribution in [0.1, 0.15) is 18.4 Å². The number of carbonyl (C=O) groups excluding carboxylic acids is 1. The first-order valence-corrected chi connectivity index (χ1v) is 8.91. The second-order valence-electron chi connectivity index (χ2n) is 6.51. The van der Waals surface area contributed by atoms with Crippen LogP contribution in [0.2, 0.25) is 0 Å². The first kappa shape index (κ1) is 19.4. The standard InChI is InChI=1S/C21H23N3O4/c1-14-8-10-17(11-9-14)27-15(2)21(25)24(3)13-19-22-20(23-28-19)16-6-5-7-18(12-16)26-4/h5-12,15H,13H2,1-4H3. The van der Waals surface area contributed by atoms with Crippen LogP contribution < -0.4 is 9.47 Å². The normalized spacial score (nSPS) is 11.7. The van der Waals surface area contributed by atoms with Gasteiger partial charge in [0.1, 0.15) is 11.5 Å². The number of aromatic nitrogens is 2. The Kier molecular flexibility index (Phi) is 5.93. The Morgan fingerprint density at radius 2 is 1.93 bits per heavy atom. The lowest BCUT2D eigenvalue weighted by Gasteiger charge is -2.20. The van der Waals surface area contributed by atoms with Gasteiger partial charge in [0, 0.05) is 12.6 Å². The van der Waals surface area contributed by atoms with Crippen molar-refractivity contribution in [3.63, 3.8) is 0 Å². The molecular formula is C21H23N3O4. The largest absolute Gasteiger partial charge is 0.497 e. The van der Waals surface area contributed by atoms with Crippen LogP contribution in [0.15, 0.2) is 53.1 Å². The molecular weight excluding hydrogens is 358 g/mol.